The molecule has 0 spiro atoms. The first-order valence-corrected chi connectivity index (χ1v) is 5.51. The minimum atomic E-state index is -4.99. The van der Waals surface area contributed by atoms with Crippen molar-refractivity contribution in [1.82, 2.24) is 0 Å². The summed E-state index contributed by atoms with van der Waals surface area (Å²) in [5.41, 5.74) is -2.22. The number of halogens is 1. The zero-order chi connectivity index (χ0) is 13.4. The SMILES string of the molecule is O=[N+]([O-])c1cc(S(=O)(=O)[O-])cc(Cl)c1[N+](=O)[O-].[Na+]. The average molecular weight is 305 g/mol. The summed E-state index contributed by atoms with van der Waals surface area (Å²) in [6.07, 6.45) is 0. The maximum Gasteiger partial charge on any atom is 1.00 e. The Hall–Kier alpha value is -0.780. The molecule has 0 unspecified atom stereocenters. The van der Waals surface area contributed by atoms with Gasteiger partial charge in [0.15, 0.2) is 0 Å². The van der Waals surface area contributed by atoms with Gasteiger partial charge in [-0.3, -0.25) is 20.2 Å². The van der Waals surface area contributed by atoms with Crippen molar-refractivity contribution >= 4 is 33.1 Å². The molecule has 18 heavy (non-hydrogen) atoms. The van der Waals surface area contributed by atoms with Crippen molar-refractivity contribution < 1.29 is 52.4 Å². The molecule has 1 aromatic rings. The van der Waals surface area contributed by atoms with Crippen LogP contribution in [-0.2, 0) is 10.1 Å². The van der Waals surface area contributed by atoms with Gasteiger partial charge >= 0.3 is 40.9 Å². The number of nitrogens with zero attached hydrogens (tertiary/aromatic N) is 2. The van der Waals surface area contributed by atoms with E-state index in [2.05, 4.69) is 0 Å². The predicted molar refractivity (Wildman–Crippen MR) is 52.7 cm³/mol. The first-order chi connectivity index (χ1) is 7.64. The molecule has 0 saturated heterocycles. The Morgan fingerprint density at radius 3 is 1.94 bits per heavy atom. The number of benzene rings is 1. The summed E-state index contributed by atoms with van der Waals surface area (Å²) >= 11 is 5.33. The number of hydrogen-bond donors (Lipinski definition) is 0. The van der Waals surface area contributed by atoms with E-state index in [1.165, 1.54) is 0 Å². The van der Waals surface area contributed by atoms with Gasteiger partial charge in [0.1, 0.15) is 15.1 Å². The average Bonchev–Trinajstić information content (AvgIpc) is 2.13. The first-order valence-electron chi connectivity index (χ1n) is 3.73. The van der Waals surface area contributed by atoms with E-state index in [9.17, 15) is 33.2 Å². The van der Waals surface area contributed by atoms with Crippen LogP contribution < -0.4 is 29.6 Å². The molecule has 0 aromatic heterocycles. The smallest absolute Gasteiger partial charge is 0.744 e. The molecule has 0 aliphatic rings. The summed E-state index contributed by atoms with van der Waals surface area (Å²) in [4.78, 5) is 17.7. The predicted octanol–water partition coefficient (Wildman–Crippen LogP) is -1.94. The molecule has 0 heterocycles. The van der Waals surface area contributed by atoms with Gasteiger partial charge in [0.25, 0.3) is 0 Å². The molecule has 9 nitrogen and oxygen atoms in total. The van der Waals surface area contributed by atoms with E-state index >= 15 is 0 Å². The third kappa shape index (κ3) is 3.60. The summed E-state index contributed by atoms with van der Waals surface area (Å²) < 4.78 is 31.9. The number of rotatable bonds is 3. The second kappa shape index (κ2) is 5.91. The Bertz CT molecular complexity index is 617. The van der Waals surface area contributed by atoms with Crippen molar-refractivity contribution in [2.75, 3.05) is 0 Å². The largest absolute Gasteiger partial charge is 1.00 e. The number of nitro benzene ring substituents is 2. The van der Waals surface area contributed by atoms with Crippen LogP contribution in [0, 0.1) is 20.2 Å². The van der Waals surface area contributed by atoms with Crippen LogP contribution in [-0.4, -0.2) is 22.8 Å². The third-order valence-electron chi connectivity index (χ3n) is 1.68. The van der Waals surface area contributed by atoms with Crippen molar-refractivity contribution in [3.8, 4) is 0 Å². The monoisotopic (exact) mass is 304 g/mol. The van der Waals surface area contributed by atoms with Crippen LogP contribution in [0.5, 0.6) is 0 Å². The van der Waals surface area contributed by atoms with Crippen LogP contribution in [0.1, 0.15) is 0 Å². The fraction of sp³-hybridized carbons (Fsp3) is 0. The normalized spacial score (nSPS) is 10.6. The molecule has 0 amide bonds. The Balaban J connectivity index is 0.00000289. The summed E-state index contributed by atoms with van der Waals surface area (Å²) in [5.74, 6) is 0. The van der Waals surface area contributed by atoms with E-state index < -0.39 is 41.3 Å². The van der Waals surface area contributed by atoms with Crippen molar-refractivity contribution in [3.05, 3.63) is 37.4 Å². The summed E-state index contributed by atoms with van der Waals surface area (Å²) in [7, 11) is -4.99. The van der Waals surface area contributed by atoms with Gasteiger partial charge in [-0.1, -0.05) is 11.6 Å². The van der Waals surface area contributed by atoms with Gasteiger partial charge in [-0.15, -0.1) is 0 Å². The van der Waals surface area contributed by atoms with E-state index in [4.69, 9.17) is 11.6 Å². The third-order valence-corrected chi connectivity index (χ3v) is 2.79. The van der Waals surface area contributed by atoms with E-state index in [0.717, 1.165) is 0 Å². The molecule has 1 aromatic carbocycles. The molecule has 1 rings (SSSR count). The molecule has 0 N–H and O–H groups in total. The Labute approximate surface area is 127 Å². The van der Waals surface area contributed by atoms with Gasteiger partial charge in [-0.2, -0.15) is 0 Å². The topological polar surface area (TPSA) is 143 Å². The van der Waals surface area contributed by atoms with E-state index in [1.54, 1.807) is 0 Å². The van der Waals surface area contributed by atoms with Gasteiger partial charge in [0.2, 0.25) is 0 Å². The van der Waals surface area contributed by atoms with Gasteiger partial charge in [-0.25, -0.2) is 8.42 Å². The van der Waals surface area contributed by atoms with Crippen molar-refractivity contribution in [3.63, 3.8) is 0 Å². The molecule has 92 valence electrons. The first kappa shape index (κ1) is 17.2. The van der Waals surface area contributed by atoms with Crippen LogP contribution in [0.25, 0.3) is 0 Å². The van der Waals surface area contributed by atoms with Crippen molar-refractivity contribution in [2.24, 2.45) is 0 Å². The standard InChI is InChI=1S/C6H3ClN2O7S.Na/c7-4-1-3(17(14,15)16)2-5(8(10)11)6(4)9(12)13;/h1-2H,(H,14,15,16);/q;+1/p-1. The van der Waals surface area contributed by atoms with Crippen LogP contribution in [0.15, 0.2) is 17.0 Å². The van der Waals surface area contributed by atoms with Gasteiger partial charge in [0.05, 0.1) is 14.7 Å². The zero-order valence-corrected chi connectivity index (χ0v) is 12.3. The quantitative estimate of drug-likeness (QED) is 0.273. The summed E-state index contributed by atoms with van der Waals surface area (Å²) in [6, 6.07) is 0.793. The molecule has 0 saturated carbocycles. The fourth-order valence-electron chi connectivity index (χ4n) is 1.02. The van der Waals surface area contributed by atoms with Crippen LogP contribution >= 0.6 is 11.6 Å². The van der Waals surface area contributed by atoms with Crippen LogP contribution in [0.4, 0.5) is 11.4 Å². The van der Waals surface area contributed by atoms with E-state index in [-0.39, 0.29) is 29.6 Å². The molecule has 0 aliphatic carbocycles. The summed E-state index contributed by atoms with van der Waals surface area (Å²) in [5, 5.41) is 20.2. The van der Waals surface area contributed by atoms with Gasteiger partial charge in [-0.05, 0) is 6.07 Å². The molecule has 0 aliphatic heterocycles. The molecule has 0 radical (unpaired) electrons. The molecule has 0 atom stereocenters. The van der Waals surface area contributed by atoms with Crippen LogP contribution in [0.2, 0.25) is 5.02 Å². The molecular weight excluding hydrogens is 303 g/mol. The van der Waals surface area contributed by atoms with Crippen molar-refractivity contribution in [2.45, 2.75) is 4.90 Å². The number of nitro groups is 2. The van der Waals surface area contributed by atoms with Crippen molar-refractivity contribution in [1.29, 1.82) is 0 Å². The molecule has 0 bridgehead atoms. The molecular formula is C6H2ClN2NaO7S. The van der Waals surface area contributed by atoms with E-state index in [0.29, 0.717) is 12.1 Å². The maximum absolute atomic E-state index is 10.6. The fourth-order valence-corrected chi connectivity index (χ4v) is 1.89. The minimum absolute atomic E-state index is 0. The second-order valence-corrected chi connectivity index (χ2v) is 4.53. The summed E-state index contributed by atoms with van der Waals surface area (Å²) in [6.45, 7) is 0. The van der Waals surface area contributed by atoms with Crippen LogP contribution in [0.3, 0.4) is 0 Å². The van der Waals surface area contributed by atoms with E-state index in [1.807, 2.05) is 0 Å². The number of hydrogen-bond acceptors (Lipinski definition) is 7. The zero-order valence-electron chi connectivity index (χ0n) is 8.69. The van der Waals surface area contributed by atoms with Gasteiger partial charge in [0, 0.05) is 6.07 Å². The minimum Gasteiger partial charge on any atom is -0.744 e. The molecule has 0 fully saturated rings. The maximum atomic E-state index is 10.6. The Kier molecular flexibility index (Phi) is 5.65. The van der Waals surface area contributed by atoms with Gasteiger partial charge < -0.3 is 4.55 Å². The Morgan fingerprint density at radius 2 is 1.61 bits per heavy atom. The molecule has 12 heteroatoms. The second-order valence-electron chi connectivity index (χ2n) is 2.74. The Morgan fingerprint density at radius 1 is 1.11 bits per heavy atom.